The van der Waals surface area contributed by atoms with Gasteiger partial charge in [-0.2, -0.15) is 0 Å². The highest BCUT2D eigenvalue weighted by atomic mass is 16.5. The van der Waals surface area contributed by atoms with Gasteiger partial charge < -0.3 is 19.6 Å². The van der Waals surface area contributed by atoms with Crippen molar-refractivity contribution in [1.82, 2.24) is 4.90 Å². The second kappa shape index (κ2) is 5.92. The molecule has 1 unspecified atom stereocenters. The molecule has 1 N–H and O–H groups in total. The lowest BCUT2D eigenvalue weighted by Gasteiger charge is -2.31. The van der Waals surface area contributed by atoms with Crippen LogP contribution in [0.1, 0.15) is 11.7 Å². The lowest BCUT2D eigenvalue weighted by molar-refractivity contribution is -0.150. The highest BCUT2D eigenvalue weighted by molar-refractivity contribution is 6.40. The monoisotopic (exact) mass is 292 g/mol. The number of nitrogens with zero attached hydrogens (tertiary/aromatic N) is 2. The van der Waals surface area contributed by atoms with E-state index in [2.05, 4.69) is 4.74 Å². The molecule has 1 saturated heterocycles. The Hall–Kier alpha value is -2.41. The van der Waals surface area contributed by atoms with Crippen LogP contribution in [-0.2, 0) is 19.1 Å². The van der Waals surface area contributed by atoms with Crippen LogP contribution in [0.5, 0.6) is 0 Å². The third-order valence-electron chi connectivity index (χ3n) is 3.38. The van der Waals surface area contributed by atoms with Crippen LogP contribution < -0.4 is 4.90 Å². The Balaban J connectivity index is 2.18. The minimum absolute atomic E-state index is 0.360. The molecule has 2 rings (SSSR count). The lowest BCUT2D eigenvalue weighted by atomic mass is 10.1. The number of methoxy groups -OCH3 is 1. The van der Waals surface area contributed by atoms with Crippen molar-refractivity contribution in [2.24, 2.45) is 0 Å². The quantitative estimate of drug-likeness (QED) is 0.610. The first kappa shape index (κ1) is 15.0. The van der Waals surface area contributed by atoms with E-state index in [1.54, 1.807) is 19.2 Å². The van der Waals surface area contributed by atoms with Gasteiger partial charge in [-0.1, -0.05) is 12.1 Å². The second-order valence-corrected chi connectivity index (χ2v) is 4.70. The molecule has 1 aromatic rings. The number of likely N-dealkylation sites (N-methyl/N-ethyl adjacent to an activating group) is 1. The van der Waals surface area contributed by atoms with Gasteiger partial charge in [0.25, 0.3) is 0 Å². The van der Waals surface area contributed by atoms with Gasteiger partial charge in [0.2, 0.25) is 0 Å². The SMILES string of the molecule is COC(=O)C(O)c1ccc(N2CCN(C)C(=O)C2=O)cc1. The Morgan fingerprint density at radius 1 is 1.19 bits per heavy atom. The molecular formula is C14H16N2O5. The summed E-state index contributed by atoms with van der Waals surface area (Å²) in [5, 5.41) is 9.70. The summed E-state index contributed by atoms with van der Waals surface area (Å²) in [5.41, 5.74) is 0.903. The van der Waals surface area contributed by atoms with E-state index in [1.807, 2.05) is 0 Å². The Morgan fingerprint density at radius 2 is 1.81 bits per heavy atom. The Bertz CT molecular complexity index is 569. The zero-order valence-corrected chi connectivity index (χ0v) is 11.8. The van der Waals surface area contributed by atoms with E-state index in [-0.39, 0.29) is 0 Å². The van der Waals surface area contributed by atoms with Gasteiger partial charge in [-0.3, -0.25) is 9.59 Å². The van der Waals surface area contributed by atoms with Crippen molar-refractivity contribution in [3.8, 4) is 0 Å². The van der Waals surface area contributed by atoms with Gasteiger partial charge in [0.05, 0.1) is 7.11 Å². The average Bonchev–Trinajstić information content (AvgIpc) is 2.51. The van der Waals surface area contributed by atoms with Crippen LogP contribution in [0.2, 0.25) is 0 Å². The van der Waals surface area contributed by atoms with Gasteiger partial charge in [0, 0.05) is 25.8 Å². The predicted octanol–water partition coefficient (Wildman–Crippen LogP) is -0.302. The fourth-order valence-corrected chi connectivity index (χ4v) is 2.06. The molecule has 2 amide bonds. The van der Waals surface area contributed by atoms with Gasteiger partial charge in [0.15, 0.2) is 6.10 Å². The molecule has 0 aliphatic carbocycles. The van der Waals surface area contributed by atoms with Gasteiger partial charge in [-0.05, 0) is 17.7 Å². The number of rotatable bonds is 3. The van der Waals surface area contributed by atoms with Crippen LogP contribution in [0.15, 0.2) is 24.3 Å². The smallest absolute Gasteiger partial charge is 0.339 e. The molecule has 1 heterocycles. The van der Waals surface area contributed by atoms with Gasteiger partial charge in [-0.15, -0.1) is 0 Å². The number of benzene rings is 1. The third-order valence-corrected chi connectivity index (χ3v) is 3.38. The van der Waals surface area contributed by atoms with Crippen molar-refractivity contribution in [2.75, 3.05) is 32.1 Å². The molecular weight excluding hydrogens is 276 g/mol. The zero-order chi connectivity index (χ0) is 15.6. The summed E-state index contributed by atoms with van der Waals surface area (Å²) in [7, 11) is 2.77. The van der Waals surface area contributed by atoms with Crippen molar-refractivity contribution < 1.29 is 24.2 Å². The number of piperazine rings is 1. The van der Waals surface area contributed by atoms with E-state index in [1.165, 1.54) is 29.0 Å². The molecule has 1 atom stereocenters. The number of hydrogen-bond acceptors (Lipinski definition) is 5. The minimum atomic E-state index is -1.37. The minimum Gasteiger partial charge on any atom is -0.467 e. The number of amides is 2. The molecule has 1 aliphatic heterocycles. The first-order valence-electron chi connectivity index (χ1n) is 6.38. The third kappa shape index (κ3) is 2.87. The summed E-state index contributed by atoms with van der Waals surface area (Å²) in [4.78, 5) is 37.6. The molecule has 1 fully saturated rings. The summed E-state index contributed by atoms with van der Waals surface area (Å²) in [6.07, 6.45) is -1.37. The molecule has 1 aliphatic rings. The van der Waals surface area contributed by atoms with Crippen molar-refractivity contribution in [2.45, 2.75) is 6.10 Å². The predicted molar refractivity (Wildman–Crippen MR) is 73.4 cm³/mol. The van der Waals surface area contributed by atoms with Crippen molar-refractivity contribution in [3.63, 3.8) is 0 Å². The number of carbonyl (C=O) groups is 3. The molecule has 0 aromatic heterocycles. The van der Waals surface area contributed by atoms with Crippen molar-refractivity contribution in [1.29, 1.82) is 0 Å². The fourth-order valence-electron chi connectivity index (χ4n) is 2.06. The van der Waals surface area contributed by atoms with E-state index in [9.17, 15) is 19.5 Å². The largest absolute Gasteiger partial charge is 0.467 e. The normalized spacial score (nSPS) is 16.9. The van der Waals surface area contributed by atoms with Crippen LogP contribution >= 0.6 is 0 Å². The summed E-state index contributed by atoms with van der Waals surface area (Å²) in [6.45, 7) is 0.858. The molecule has 1 aromatic carbocycles. The number of aliphatic hydroxyl groups is 1. The molecule has 0 radical (unpaired) electrons. The molecule has 0 bridgehead atoms. The highest BCUT2D eigenvalue weighted by Gasteiger charge is 2.31. The molecule has 0 spiro atoms. The van der Waals surface area contributed by atoms with Gasteiger partial charge >= 0.3 is 17.8 Å². The van der Waals surface area contributed by atoms with Crippen molar-refractivity contribution >= 4 is 23.5 Å². The molecule has 0 saturated carbocycles. The summed E-state index contributed by atoms with van der Waals surface area (Å²) >= 11 is 0. The number of anilines is 1. The number of carbonyl (C=O) groups excluding carboxylic acids is 3. The Kier molecular flexibility index (Phi) is 4.23. The first-order valence-corrected chi connectivity index (χ1v) is 6.38. The number of aliphatic hydroxyl groups excluding tert-OH is 1. The number of ether oxygens (including phenoxy) is 1. The van der Waals surface area contributed by atoms with Crippen LogP contribution in [-0.4, -0.2) is 55.0 Å². The van der Waals surface area contributed by atoms with Crippen LogP contribution in [0.4, 0.5) is 5.69 Å². The maximum Gasteiger partial charge on any atom is 0.339 e. The van der Waals surface area contributed by atoms with E-state index in [0.29, 0.717) is 24.3 Å². The molecule has 7 heteroatoms. The van der Waals surface area contributed by atoms with Crippen LogP contribution in [0, 0.1) is 0 Å². The maximum atomic E-state index is 11.9. The molecule has 112 valence electrons. The van der Waals surface area contributed by atoms with E-state index < -0.39 is 23.9 Å². The topological polar surface area (TPSA) is 87.2 Å². The summed E-state index contributed by atoms with van der Waals surface area (Å²) < 4.78 is 4.45. The lowest BCUT2D eigenvalue weighted by Crippen LogP contribution is -2.53. The number of esters is 1. The van der Waals surface area contributed by atoms with Crippen molar-refractivity contribution in [3.05, 3.63) is 29.8 Å². The molecule has 7 nitrogen and oxygen atoms in total. The van der Waals surface area contributed by atoms with Gasteiger partial charge in [0.1, 0.15) is 0 Å². The summed E-state index contributed by atoms with van der Waals surface area (Å²) in [5.74, 6) is -1.90. The fraction of sp³-hybridized carbons (Fsp3) is 0.357. The molecule has 21 heavy (non-hydrogen) atoms. The standard InChI is InChI=1S/C14H16N2O5/c1-15-7-8-16(13(19)12(15)18)10-5-3-9(4-6-10)11(17)14(20)21-2/h3-6,11,17H,7-8H2,1-2H3. The average molecular weight is 292 g/mol. The highest BCUT2D eigenvalue weighted by Crippen LogP contribution is 2.21. The second-order valence-electron chi connectivity index (χ2n) is 4.70. The Morgan fingerprint density at radius 3 is 2.38 bits per heavy atom. The van der Waals surface area contributed by atoms with E-state index >= 15 is 0 Å². The summed E-state index contributed by atoms with van der Waals surface area (Å²) in [6, 6.07) is 6.20. The maximum absolute atomic E-state index is 11.9. The number of hydrogen-bond donors (Lipinski definition) is 1. The van der Waals surface area contributed by atoms with E-state index in [4.69, 9.17) is 0 Å². The van der Waals surface area contributed by atoms with Crippen LogP contribution in [0.3, 0.4) is 0 Å². The van der Waals surface area contributed by atoms with Gasteiger partial charge in [-0.25, -0.2) is 4.79 Å². The first-order chi connectivity index (χ1) is 9.95. The zero-order valence-electron chi connectivity index (χ0n) is 11.8. The van der Waals surface area contributed by atoms with Crippen LogP contribution in [0.25, 0.3) is 0 Å². The Labute approximate surface area is 121 Å². The van der Waals surface area contributed by atoms with E-state index in [0.717, 1.165) is 0 Å².